The molecule has 126 valence electrons. The number of fused-ring (bicyclic) bond motifs is 1. The normalized spacial score (nSPS) is 20.7. The number of hydrogen-bond acceptors (Lipinski definition) is 4. The van der Waals surface area contributed by atoms with Gasteiger partial charge in [-0.3, -0.25) is 4.90 Å². The number of nitrogens with zero attached hydrogens (tertiary/aromatic N) is 1. The molecule has 0 amide bonds. The summed E-state index contributed by atoms with van der Waals surface area (Å²) in [6.45, 7) is 5.94. The lowest BCUT2D eigenvalue weighted by molar-refractivity contribution is -0.286. The van der Waals surface area contributed by atoms with Crippen LogP contribution < -0.4 is 14.8 Å². The van der Waals surface area contributed by atoms with Crippen LogP contribution in [0.4, 0.5) is 8.78 Å². The van der Waals surface area contributed by atoms with Gasteiger partial charge in [-0.2, -0.15) is 0 Å². The van der Waals surface area contributed by atoms with Crippen molar-refractivity contribution in [3.8, 4) is 11.5 Å². The second-order valence-corrected chi connectivity index (χ2v) is 5.08. The second-order valence-electron chi connectivity index (χ2n) is 5.08. The van der Waals surface area contributed by atoms with Crippen LogP contribution >= 0.6 is 24.8 Å². The number of nitrogens with one attached hydrogen (secondary N) is 1. The third-order valence-electron chi connectivity index (χ3n) is 3.79. The Morgan fingerprint density at radius 3 is 2.45 bits per heavy atom. The van der Waals surface area contributed by atoms with Crippen molar-refractivity contribution in [2.24, 2.45) is 0 Å². The molecule has 1 aromatic carbocycles. The molecule has 2 aliphatic heterocycles. The van der Waals surface area contributed by atoms with E-state index < -0.39 is 6.29 Å². The summed E-state index contributed by atoms with van der Waals surface area (Å²) < 4.78 is 35.0. The average molecular weight is 357 g/mol. The molecule has 22 heavy (non-hydrogen) atoms. The van der Waals surface area contributed by atoms with E-state index in [1.54, 1.807) is 12.1 Å². The largest absolute Gasteiger partial charge is 0.586 e. The minimum Gasteiger partial charge on any atom is -0.395 e. The summed E-state index contributed by atoms with van der Waals surface area (Å²) in [5, 5.41) is 3.31. The number of alkyl halides is 2. The highest BCUT2D eigenvalue weighted by Crippen LogP contribution is 2.42. The van der Waals surface area contributed by atoms with Gasteiger partial charge in [-0.15, -0.1) is 33.6 Å². The van der Waals surface area contributed by atoms with Crippen molar-refractivity contribution in [3.05, 3.63) is 23.8 Å². The van der Waals surface area contributed by atoms with Gasteiger partial charge in [-0.25, -0.2) is 0 Å². The topological polar surface area (TPSA) is 33.7 Å². The highest BCUT2D eigenvalue weighted by atomic mass is 35.5. The fraction of sp³-hybridized carbons (Fsp3) is 0.571. The minimum atomic E-state index is -3.54. The van der Waals surface area contributed by atoms with Crippen LogP contribution in [0.15, 0.2) is 18.2 Å². The molecule has 1 N–H and O–H groups in total. The first kappa shape index (κ1) is 19.2. The van der Waals surface area contributed by atoms with Crippen molar-refractivity contribution in [2.45, 2.75) is 25.7 Å². The lowest BCUT2D eigenvalue weighted by atomic mass is 10.0. The van der Waals surface area contributed by atoms with Crippen molar-refractivity contribution in [1.29, 1.82) is 0 Å². The lowest BCUT2D eigenvalue weighted by Gasteiger charge is -2.34. The second kappa shape index (κ2) is 7.64. The van der Waals surface area contributed by atoms with E-state index in [9.17, 15) is 8.78 Å². The molecule has 0 spiro atoms. The Morgan fingerprint density at radius 1 is 1.18 bits per heavy atom. The Bertz CT molecular complexity index is 500. The molecule has 0 radical (unpaired) electrons. The van der Waals surface area contributed by atoms with Gasteiger partial charge in [0.15, 0.2) is 11.5 Å². The summed E-state index contributed by atoms with van der Waals surface area (Å²) in [5.74, 6) is 0.231. The summed E-state index contributed by atoms with van der Waals surface area (Å²) in [6, 6.07) is 5.31. The van der Waals surface area contributed by atoms with E-state index in [0.29, 0.717) is 0 Å². The quantitative estimate of drug-likeness (QED) is 0.901. The minimum absolute atomic E-state index is 0. The first-order valence-electron chi connectivity index (χ1n) is 6.93. The van der Waals surface area contributed by atoms with Crippen molar-refractivity contribution >= 4 is 24.8 Å². The van der Waals surface area contributed by atoms with Gasteiger partial charge >= 0.3 is 6.29 Å². The number of halogens is 4. The molecule has 1 aromatic rings. The number of rotatable bonds is 3. The average Bonchev–Trinajstić information content (AvgIpc) is 2.74. The first-order chi connectivity index (χ1) is 9.59. The van der Waals surface area contributed by atoms with Crippen molar-refractivity contribution in [2.75, 3.05) is 26.2 Å². The number of piperazine rings is 1. The van der Waals surface area contributed by atoms with Crippen LogP contribution in [0, 0.1) is 0 Å². The maximum Gasteiger partial charge on any atom is 0.586 e. The summed E-state index contributed by atoms with van der Waals surface area (Å²) >= 11 is 0. The SMILES string of the molecule is CC[C@H](c1ccc2c(c1)OC(F)(F)O2)N1CCNCC1.Cl.Cl. The Labute approximate surface area is 141 Å². The molecular weight excluding hydrogens is 337 g/mol. The third-order valence-corrected chi connectivity index (χ3v) is 3.79. The monoisotopic (exact) mass is 356 g/mol. The zero-order valence-corrected chi connectivity index (χ0v) is 13.8. The smallest absolute Gasteiger partial charge is 0.395 e. The zero-order chi connectivity index (χ0) is 14.2. The lowest BCUT2D eigenvalue weighted by Crippen LogP contribution is -2.45. The highest BCUT2D eigenvalue weighted by Gasteiger charge is 2.43. The van der Waals surface area contributed by atoms with Crippen LogP contribution in [-0.4, -0.2) is 37.4 Å². The molecule has 8 heteroatoms. The summed E-state index contributed by atoms with van der Waals surface area (Å²) in [7, 11) is 0. The summed E-state index contributed by atoms with van der Waals surface area (Å²) in [4.78, 5) is 2.37. The van der Waals surface area contributed by atoms with Gasteiger partial charge in [-0.1, -0.05) is 13.0 Å². The summed E-state index contributed by atoms with van der Waals surface area (Å²) in [5.41, 5.74) is 0.995. The Balaban J connectivity index is 0.00000121. The van der Waals surface area contributed by atoms with Gasteiger partial charge in [-0.05, 0) is 24.1 Å². The number of ether oxygens (including phenoxy) is 2. The van der Waals surface area contributed by atoms with Gasteiger partial charge in [0.05, 0.1) is 0 Å². The van der Waals surface area contributed by atoms with Crippen molar-refractivity contribution in [1.82, 2.24) is 10.2 Å². The Hall–Kier alpha value is -0.820. The molecule has 3 rings (SSSR count). The van der Waals surface area contributed by atoms with E-state index in [1.807, 2.05) is 6.07 Å². The fourth-order valence-electron chi connectivity index (χ4n) is 2.87. The van der Waals surface area contributed by atoms with Crippen molar-refractivity contribution < 1.29 is 18.3 Å². The molecule has 4 nitrogen and oxygen atoms in total. The van der Waals surface area contributed by atoms with Crippen LogP contribution in [0.5, 0.6) is 11.5 Å². The Kier molecular flexibility index (Phi) is 6.67. The predicted octanol–water partition coefficient (Wildman–Crippen LogP) is 3.21. The number of benzene rings is 1. The molecule has 0 saturated carbocycles. The van der Waals surface area contributed by atoms with Crippen LogP contribution in [-0.2, 0) is 0 Å². The fourth-order valence-corrected chi connectivity index (χ4v) is 2.87. The van der Waals surface area contributed by atoms with Gasteiger partial charge in [0.2, 0.25) is 0 Å². The zero-order valence-electron chi connectivity index (χ0n) is 12.2. The van der Waals surface area contributed by atoms with Crippen LogP contribution in [0.1, 0.15) is 24.9 Å². The van der Waals surface area contributed by atoms with E-state index in [-0.39, 0.29) is 42.4 Å². The van der Waals surface area contributed by atoms with E-state index in [2.05, 4.69) is 26.6 Å². The molecule has 2 aliphatic rings. The van der Waals surface area contributed by atoms with Gasteiger partial charge in [0.1, 0.15) is 0 Å². The van der Waals surface area contributed by atoms with Gasteiger partial charge in [0, 0.05) is 32.2 Å². The van der Waals surface area contributed by atoms with Crippen LogP contribution in [0.3, 0.4) is 0 Å². The predicted molar refractivity (Wildman–Crippen MR) is 84.6 cm³/mol. The van der Waals surface area contributed by atoms with Crippen LogP contribution in [0.25, 0.3) is 0 Å². The molecule has 0 unspecified atom stereocenters. The highest BCUT2D eigenvalue weighted by molar-refractivity contribution is 5.85. The van der Waals surface area contributed by atoms with E-state index >= 15 is 0 Å². The molecule has 0 aliphatic carbocycles. The summed E-state index contributed by atoms with van der Waals surface area (Å²) in [6.07, 6.45) is -2.62. The molecule has 0 aromatic heterocycles. The molecule has 1 atom stereocenters. The third kappa shape index (κ3) is 3.93. The van der Waals surface area contributed by atoms with Gasteiger partial charge < -0.3 is 14.8 Å². The maximum atomic E-state index is 13.0. The first-order valence-corrected chi connectivity index (χ1v) is 6.93. The maximum absolute atomic E-state index is 13.0. The number of hydrogen-bond donors (Lipinski definition) is 1. The molecular formula is C14H20Cl2F2N2O2. The molecule has 0 bridgehead atoms. The van der Waals surface area contributed by atoms with E-state index in [0.717, 1.165) is 38.2 Å². The van der Waals surface area contributed by atoms with Crippen LogP contribution in [0.2, 0.25) is 0 Å². The molecule has 1 saturated heterocycles. The standard InChI is InChI=1S/C14H18F2N2O2.2ClH/c1-2-11(18-7-5-17-6-8-18)10-3-4-12-13(9-10)20-14(15,16)19-12;;/h3-4,9,11,17H,2,5-8H2,1H3;2*1H/t11-;;/m1../s1. The van der Waals surface area contributed by atoms with E-state index in [1.165, 1.54) is 0 Å². The van der Waals surface area contributed by atoms with E-state index in [4.69, 9.17) is 0 Å². The van der Waals surface area contributed by atoms with Gasteiger partial charge in [0.25, 0.3) is 0 Å². The Morgan fingerprint density at radius 2 is 1.82 bits per heavy atom. The van der Waals surface area contributed by atoms with Crippen molar-refractivity contribution in [3.63, 3.8) is 0 Å². The molecule has 1 fully saturated rings. The molecule has 2 heterocycles.